The summed E-state index contributed by atoms with van der Waals surface area (Å²) in [5.41, 5.74) is 0.252. The van der Waals surface area contributed by atoms with Crippen molar-refractivity contribution >= 4 is 39.1 Å². The summed E-state index contributed by atoms with van der Waals surface area (Å²) in [6, 6.07) is 8.37. The van der Waals surface area contributed by atoms with Crippen LogP contribution in [-0.4, -0.2) is 34.2 Å². The quantitative estimate of drug-likeness (QED) is 0.551. The third-order valence-electron chi connectivity index (χ3n) is 4.30. The van der Waals surface area contributed by atoms with Gasteiger partial charge in [-0.1, -0.05) is 46.3 Å². The van der Waals surface area contributed by atoms with Gasteiger partial charge in [0, 0.05) is 17.1 Å². The van der Waals surface area contributed by atoms with Gasteiger partial charge in [-0.05, 0) is 30.5 Å². The molecule has 1 N–H and O–H groups in total. The number of hydrogen-bond donors (Lipinski definition) is 1. The standard InChI is InChI=1S/C20H18BrClF3N3O2/c21-14-6-2-1-5-13(14)9-10-26-18(29)12-30-19-11-17(20(23,24)25)27-28(19)16-8-4-3-7-15(16)22/h1-6,8,11,15H,7,9-10,12H2,(H,26,29). The summed E-state index contributed by atoms with van der Waals surface area (Å²) in [7, 11) is 0. The highest BCUT2D eigenvalue weighted by atomic mass is 79.9. The Hall–Kier alpha value is -2.26. The van der Waals surface area contributed by atoms with Gasteiger partial charge in [-0.25, -0.2) is 4.68 Å². The Balaban J connectivity index is 1.64. The van der Waals surface area contributed by atoms with E-state index in [0.717, 1.165) is 20.8 Å². The van der Waals surface area contributed by atoms with Crippen LogP contribution in [0, 0.1) is 0 Å². The number of allylic oxidation sites excluding steroid dienone is 4. The van der Waals surface area contributed by atoms with E-state index in [1.165, 1.54) is 0 Å². The van der Waals surface area contributed by atoms with E-state index in [1.54, 1.807) is 18.2 Å². The second-order valence-corrected chi connectivity index (χ2v) is 7.86. The third kappa shape index (κ3) is 5.66. The van der Waals surface area contributed by atoms with Crippen molar-refractivity contribution < 1.29 is 22.7 Å². The SMILES string of the molecule is O=C(COc1cc(C(F)(F)F)nn1C1=CC=CCC1Cl)NCCc1ccccc1Br. The third-order valence-corrected chi connectivity index (χ3v) is 5.48. The molecule has 2 aromatic rings. The van der Waals surface area contributed by atoms with E-state index in [0.29, 0.717) is 25.1 Å². The van der Waals surface area contributed by atoms with Crippen molar-refractivity contribution in [3.8, 4) is 5.88 Å². The van der Waals surface area contributed by atoms with Crippen molar-refractivity contribution in [1.82, 2.24) is 15.1 Å². The van der Waals surface area contributed by atoms with Crippen LogP contribution in [0.5, 0.6) is 5.88 Å². The first kappa shape index (κ1) is 22.4. The van der Waals surface area contributed by atoms with Gasteiger partial charge in [0.1, 0.15) is 0 Å². The number of ether oxygens (including phenoxy) is 1. The lowest BCUT2D eigenvalue weighted by Crippen LogP contribution is -2.31. The molecule has 3 rings (SSSR count). The van der Waals surface area contributed by atoms with Crippen LogP contribution < -0.4 is 10.1 Å². The van der Waals surface area contributed by atoms with Crippen LogP contribution in [0.15, 0.2) is 53.0 Å². The number of hydrogen-bond acceptors (Lipinski definition) is 3. The highest BCUT2D eigenvalue weighted by molar-refractivity contribution is 9.10. The average Bonchev–Trinajstić information content (AvgIpc) is 3.13. The van der Waals surface area contributed by atoms with Crippen LogP contribution in [0.25, 0.3) is 5.70 Å². The zero-order chi connectivity index (χ0) is 21.7. The Morgan fingerprint density at radius 3 is 2.83 bits per heavy atom. The second-order valence-electron chi connectivity index (χ2n) is 6.48. The molecule has 0 saturated heterocycles. The summed E-state index contributed by atoms with van der Waals surface area (Å²) in [5.74, 6) is -0.654. The first-order valence-electron chi connectivity index (χ1n) is 9.07. The molecular weight excluding hydrogens is 487 g/mol. The monoisotopic (exact) mass is 503 g/mol. The number of alkyl halides is 4. The minimum atomic E-state index is -4.65. The average molecular weight is 505 g/mol. The molecule has 0 aliphatic heterocycles. The highest BCUT2D eigenvalue weighted by Crippen LogP contribution is 2.34. The number of carbonyl (C=O) groups is 1. The molecule has 5 nitrogen and oxygen atoms in total. The maximum Gasteiger partial charge on any atom is 0.435 e. The number of aromatic nitrogens is 2. The lowest BCUT2D eigenvalue weighted by molar-refractivity contribution is -0.141. The molecule has 0 bridgehead atoms. The fourth-order valence-electron chi connectivity index (χ4n) is 2.81. The summed E-state index contributed by atoms with van der Waals surface area (Å²) in [4.78, 5) is 12.1. The maximum atomic E-state index is 13.1. The predicted molar refractivity (Wildman–Crippen MR) is 111 cm³/mol. The molecule has 160 valence electrons. The van der Waals surface area contributed by atoms with Gasteiger partial charge in [0.15, 0.2) is 12.3 Å². The number of benzene rings is 1. The molecule has 1 heterocycles. The molecular formula is C20H18BrClF3N3O2. The van der Waals surface area contributed by atoms with Crippen LogP contribution in [0.3, 0.4) is 0 Å². The van der Waals surface area contributed by atoms with Gasteiger partial charge in [-0.3, -0.25) is 4.79 Å². The summed E-state index contributed by atoms with van der Waals surface area (Å²) >= 11 is 9.65. The van der Waals surface area contributed by atoms with Crippen LogP contribution in [0.4, 0.5) is 13.2 Å². The summed E-state index contributed by atoms with van der Waals surface area (Å²) in [6.07, 6.45) is 1.44. The van der Waals surface area contributed by atoms with Gasteiger partial charge in [-0.15, -0.1) is 11.6 Å². The fourth-order valence-corrected chi connectivity index (χ4v) is 3.56. The molecule has 0 spiro atoms. The van der Waals surface area contributed by atoms with Crippen molar-refractivity contribution in [2.24, 2.45) is 0 Å². The second kappa shape index (κ2) is 9.70. The summed E-state index contributed by atoms with van der Waals surface area (Å²) < 4.78 is 46.7. The van der Waals surface area contributed by atoms with E-state index in [4.69, 9.17) is 16.3 Å². The Kier molecular flexibility index (Phi) is 7.25. The van der Waals surface area contributed by atoms with E-state index in [9.17, 15) is 18.0 Å². The van der Waals surface area contributed by atoms with Crippen molar-refractivity contribution in [3.63, 3.8) is 0 Å². The highest BCUT2D eigenvalue weighted by Gasteiger charge is 2.36. The lowest BCUT2D eigenvalue weighted by atomic mass is 10.1. The van der Waals surface area contributed by atoms with Crippen molar-refractivity contribution in [2.45, 2.75) is 24.4 Å². The molecule has 0 fully saturated rings. The number of rotatable bonds is 7. The molecule has 1 atom stereocenters. The molecule has 1 unspecified atom stereocenters. The molecule has 1 aromatic heterocycles. The largest absolute Gasteiger partial charge is 0.467 e. The molecule has 0 saturated carbocycles. The first-order valence-corrected chi connectivity index (χ1v) is 10.3. The Morgan fingerprint density at radius 1 is 1.37 bits per heavy atom. The molecule has 1 amide bonds. The van der Waals surface area contributed by atoms with Gasteiger partial charge in [0.05, 0.1) is 11.1 Å². The van der Waals surface area contributed by atoms with Gasteiger partial charge >= 0.3 is 6.18 Å². The van der Waals surface area contributed by atoms with Gasteiger partial charge < -0.3 is 10.1 Å². The zero-order valence-corrected chi connectivity index (χ0v) is 18.0. The van der Waals surface area contributed by atoms with E-state index < -0.39 is 29.8 Å². The van der Waals surface area contributed by atoms with Gasteiger partial charge in [0.2, 0.25) is 5.88 Å². The van der Waals surface area contributed by atoms with Crippen molar-refractivity contribution in [3.05, 3.63) is 64.3 Å². The van der Waals surface area contributed by atoms with E-state index >= 15 is 0 Å². The summed E-state index contributed by atoms with van der Waals surface area (Å²) in [6.45, 7) is -0.0907. The molecule has 1 aliphatic rings. The number of amides is 1. The molecule has 1 aromatic carbocycles. The lowest BCUT2D eigenvalue weighted by Gasteiger charge is -2.17. The van der Waals surface area contributed by atoms with Crippen molar-refractivity contribution in [1.29, 1.82) is 0 Å². The topological polar surface area (TPSA) is 56.1 Å². The number of nitrogens with one attached hydrogen (secondary N) is 1. The van der Waals surface area contributed by atoms with E-state index in [-0.39, 0.29) is 5.88 Å². The van der Waals surface area contributed by atoms with E-state index in [2.05, 4.69) is 26.3 Å². The smallest absolute Gasteiger partial charge is 0.435 e. The Labute approximate surface area is 184 Å². The molecule has 1 aliphatic carbocycles. The van der Waals surface area contributed by atoms with Crippen LogP contribution in [0.2, 0.25) is 0 Å². The minimum Gasteiger partial charge on any atom is -0.467 e. The van der Waals surface area contributed by atoms with Crippen LogP contribution >= 0.6 is 27.5 Å². The summed E-state index contributed by atoms with van der Waals surface area (Å²) in [5, 5.41) is 5.71. The van der Waals surface area contributed by atoms with Gasteiger partial charge in [0.25, 0.3) is 5.91 Å². The molecule has 0 radical (unpaired) electrons. The Bertz CT molecular complexity index is 972. The van der Waals surface area contributed by atoms with Gasteiger partial charge in [-0.2, -0.15) is 18.3 Å². The number of carbonyl (C=O) groups excluding carboxylic acids is 1. The van der Waals surface area contributed by atoms with E-state index in [1.807, 2.05) is 24.3 Å². The molecule has 10 heteroatoms. The minimum absolute atomic E-state index is 0.199. The predicted octanol–water partition coefficient (Wildman–Crippen LogP) is 4.81. The fraction of sp³-hybridized carbons (Fsp3) is 0.300. The van der Waals surface area contributed by atoms with Crippen molar-refractivity contribution in [2.75, 3.05) is 13.2 Å². The van der Waals surface area contributed by atoms with Crippen LogP contribution in [-0.2, 0) is 17.4 Å². The Morgan fingerprint density at radius 2 is 2.13 bits per heavy atom. The maximum absolute atomic E-state index is 13.1. The normalized spacial score (nSPS) is 16.3. The molecule has 30 heavy (non-hydrogen) atoms. The first-order chi connectivity index (χ1) is 14.3. The number of nitrogens with zero attached hydrogens (tertiary/aromatic N) is 2. The van der Waals surface area contributed by atoms with Crippen LogP contribution in [0.1, 0.15) is 17.7 Å². The zero-order valence-electron chi connectivity index (χ0n) is 15.6. The number of halogens is 5.